The predicted octanol–water partition coefficient (Wildman–Crippen LogP) is 1.80. The molecule has 19 heavy (non-hydrogen) atoms. The van der Waals surface area contributed by atoms with Gasteiger partial charge < -0.3 is 4.74 Å². The molecule has 0 spiro atoms. The average molecular weight is 291 g/mol. The first-order chi connectivity index (χ1) is 8.62. The molecule has 0 bridgehead atoms. The molecule has 0 rings (SSSR count). The number of esters is 1. The molecule has 0 fully saturated rings. The number of nitrogens with zero attached hydrogens (tertiary/aromatic N) is 1. The first-order valence-electron chi connectivity index (χ1n) is 6.36. The molecule has 5 nitrogen and oxygen atoms in total. The molecule has 0 aromatic carbocycles. The van der Waals surface area contributed by atoms with Gasteiger partial charge in [-0.1, -0.05) is 26.8 Å². The van der Waals surface area contributed by atoms with Crippen molar-refractivity contribution in [1.29, 1.82) is 0 Å². The van der Waals surface area contributed by atoms with Gasteiger partial charge >= 0.3 is 5.97 Å². The van der Waals surface area contributed by atoms with Gasteiger partial charge in [-0.05, 0) is 18.8 Å². The van der Waals surface area contributed by atoms with Crippen molar-refractivity contribution in [2.75, 3.05) is 25.4 Å². The Balaban J connectivity index is 4.75. The van der Waals surface area contributed by atoms with Gasteiger partial charge in [0.2, 0.25) is 10.0 Å². The highest BCUT2D eigenvalue weighted by Gasteiger charge is 2.26. The van der Waals surface area contributed by atoms with Gasteiger partial charge in [0, 0.05) is 6.54 Å². The van der Waals surface area contributed by atoms with E-state index in [-0.39, 0.29) is 30.9 Å². The highest BCUT2D eigenvalue weighted by Crippen LogP contribution is 2.20. The Bertz CT molecular complexity index is 395. The Morgan fingerprint density at radius 2 is 1.95 bits per heavy atom. The molecule has 0 radical (unpaired) electrons. The molecule has 6 heteroatoms. The van der Waals surface area contributed by atoms with Crippen LogP contribution in [0, 0.1) is 5.41 Å². The summed E-state index contributed by atoms with van der Waals surface area (Å²) in [5.41, 5.74) is -0.0726. The third kappa shape index (κ3) is 8.00. The minimum absolute atomic E-state index is 0.0176. The number of carbonyl (C=O) groups is 1. The largest absolute Gasteiger partial charge is 0.465 e. The van der Waals surface area contributed by atoms with Gasteiger partial charge in [-0.15, -0.1) is 6.58 Å². The maximum atomic E-state index is 12.2. The van der Waals surface area contributed by atoms with Crippen molar-refractivity contribution in [1.82, 2.24) is 4.31 Å². The van der Waals surface area contributed by atoms with Crippen LogP contribution in [0.5, 0.6) is 0 Å². The van der Waals surface area contributed by atoms with Crippen molar-refractivity contribution in [3.05, 3.63) is 12.7 Å². The van der Waals surface area contributed by atoms with Crippen LogP contribution in [0.15, 0.2) is 12.7 Å². The standard InChI is InChI=1S/C13H25NO4S/c1-6-9-14(11-12(15)18-7-2)19(16,17)10-8-13(3,4)5/h6H,1,7-11H2,2-5H3. The summed E-state index contributed by atoms with van der Waals surface area (Å²) >= 11 is 0. The van der Waals surface area contributed by atoms with Crippen LogP contribution in [0.3, 0.4) is 0 Å². The smallest absolute Gasteiger partial charge is 0.321 e. The summed E-state index contributed by atoms with van der Waals surface area (Å²) in [6, 6.07) is 0. The zero-order chi connectivity index (χ0) is 15.1. The van der Waals surface area contributed by atoms with E-state index in [1.165, 1.54) is 6.08 Å². The predicted molar refractivity (Wildman–Crippen MR) is 76.3 cm³/mol. The minimum atomic E-state index is -3.47. The monoisotopic (exact) mass is 291 g/mol. The van der Waals surface area contributed by atoms with E-state index in [9.17, 15) is 13.2 Å². The van der Waals surface area contributed by atoms with E-state index in [1.807, 2.05) is 20.8 Å². The van der Waals surface area contributed by atoms with E-state index in [0.717, 1.165) is 4.31 Å². The van der Waals surface area contributed by atoms with Crippen molar-refractivity contribution < 1.29 is 17.9 Å². The van der Waals surface area contributed by atoms with Crippen LogP contribution in [0.2, 0.25) is 0 Å². The van der Waals surface area contributed by atoms with E-state index in [0.29, 0.717) is 6.42 Å². The van der Waals surface area contributed by atoms with E-state index >= 15 is 0 Å². The molecule has 0 heterocycles. The number of hydrogen-bond acceptors (Lipinski definition) is 4. The first kappa shape index (κ1) is 18.1. The lowest BCUT2D eigenvalue weighted by Gasteiger charge is -2.23. The van der Waals surface area contributed by atoms with Crippen molar-refractivity contribution in [2.45, 2.75) is 34.1 Å². The molecule has 0 aliphatic heterocycles. The lowest BCUT2D eigenvalue weighted by atomic mass is 9.94. The van der Waals surface area contributed by atoms with Crippen LogP contribution in [-0.2, 0) is 19.6 Å². The van der Waals surface area contributed by atoms with E-state index in [1.54, 1.807) is 6.92 Å². The number of hydrogen-bond donors (Lipinski definition) is 0. The Kier molecular flexibility index (Phi) is 7.29. The number of rotatable bonds is 8. The highest BCUT2D eigenvalue weighted by molar-refractivity contribution is 7.89. The first-order valence-corrected chi connectivity index (χ1v) is 7.97. The molecule has 0 atom stereocenters. The van der Waals surface area contributed by atoms with Crippen LogP contribution < -0.4 is 0 Å². The van der Waals surface area contributed by atoms with Crippen molar-refractivity contribution >= 4 is 16.0 Å². The van der Waals surface area contributed by atoms with Crippen LogP contribution in [0.4, 0.5) is 0 Å². The fourth-order valence-corrected chi connectivity index (χ4v) is 3.10. The summed E-state index contributed by atoms with van der Waals surface area (Å²) in [6.45, 7) is 11.2. The molecular formula is C13H25NO4S. The lowest BCUT2D eigenvalue weighted by molar-refractivity contribution is -0.143. The van der Waals surface area contributed by atoms with Crippen LogP contribution in [0.25, 0.3) is 0 Å². The Morgan fingerprint density at radius 1 is 1.37 bits per heavy atom. The maximum absolute atomic E-state index is 12.2. The van der Waals surface area contributed by atoms with Crippen molar-refractivity contribution in [3.8, 4) is 0 Å². The summed E-state index contributed by atoms with van der Waals surface area (Å²) in [4.78, 5) is 11.4. The third-order valence-electron chi connectivity index (χ3n) is 2.45. The Hall–Kier alpha value is -0.880. The summed E-state index contributed by atoms with van der Waals surface area (Å²) in [5.74, 6) is -0.521. The normalized spacial score (nSPS) is 12.5. The van der Waals surface area contributed by atoms with Crippen LogP contribution >= 0.6 is 0 Å². The van der Waals surface area contributed by atoms with Gasteiger partial charge in [0.15, 0.2) is 0 Å². The van der Waals surface area contributed by atoms with Gasteiger partial charge in [0.1, 0.15) is 6.54 Å². The summed E-state index contributed by atoms with van der Waals surface area (Å²) in [6.07, 6.45) is 2.00. The Labute approximate surface area is 116 Å². The lowest BCUT2D eigenvalue weighted by Crippen LogP contribution is -2.38. The summed E-state index contributed by atoms with van der Waals surface area (Å²) in [7, 11) is -3.47. The molecular weight excluding hydrogens is 266 g/mol. The van der Waals surface area contributed by atoms with E-state index < -0.39 is 16.0 Å². The van der Waals surface area contributed by atoms with Gasteiger partial charge in [-0.2, -0.15) is 4.31 Å². The molecule has 0 aliphatic carbocycles. The summed E-state index contributed by atoms with van der Waals surface area (Å²) in [5, 5.41) is 0. The van der Waals surface area contributed by atoms with Crippen molar-refractivity contribution in [3.63, 3.8) is 0 Å². The average Bonchev–Trinajstić information content (AvgIpc) is 2.25. The maximum Gasteiger partial charge on any atom is 0.321 e. The molecule has 0 aliphatic rings. The quantitative estimate of drug-likeness (QED) is 0.505. The highest BCUT2D eigenvalue weighted by atomic mass is 32.2. The topological polar surface area (TPSA) is 63.7 Å². The zero-order valence-electron chi connectivity index (χ0n) is 12.3. The Morgan fingerprint density at radius 3 is 2.37 bits per heavy atom. The molecule has 0 amide bonds. The minimum Gasteiger partial charge on any atom is -0.465 e. The molecule has 0 saturated heterocycles. The van der Waals surface area contributed by atoms with Crippen LogP contribution in [-0.4, -0.2) is 44.1 Å². The van der Waals surface area contributed by atoms with Crippen LogP contribution in [0.1, 0.15) is 34.1 Å². The van der Waals surface area contributed by atoms with Gasteiger partial charge in [0.05, 0.1) is 12.4 Å². The molecule has 0 N–H and O–H groups in total. The number of sulfonamides is 1. The van der Waals surface area contributed by atoms with E-state index in [2.05, 4.69) is 6.58 Å². The number of carbonyl (C=O) groups excluding carboxylic acids is 1. The van der Waals surface area contributed by atoms with Gasteiger partial charge in [0.25, 0.3) is 0 Å². The van der Waals surface area contributed by atoms with Gasteiger partial charge in [-0.25, -0.2) is 8.42 Å². The second-order valence-corrected chi connectivity index (χ2v) is 7.60. The van der Waals surface area contributed by atoms with Crippen molar-refractivity contribution in [2.24, 2.45) is 5.41 Å². The van der Waals surface area contributed by atoms with E-state index in [4.69, 9.17) is 4.74 Å². The molecule has 0 aromatic heterocycles. The number of ether oxygens (including phenoxy) is 1. The zero-order valence-corrected chi connectivity index (χ0v) is 13.1. The fraction of sp³-hybridized carbons (Fsp3) is 0.769. The molecule has 0 unspecified atom stereocenters. The molecule has 0 aromatic rings. The SMILES string of the molecule is C=CCN(CC(=O)OCC)S(=O)(=O)CCC(C)(C)C. The second kappa shape index (κ2) is 7.65. The molecule has 0 saturated carbocycles. The third-order valence-corrected chi connectivity index (χ3v) is 4.23. The fourth-order valence-electron chi connectivity index (χ4n) is 1.34. The summed E-state index contributed by atoms with van der Waals surface area (Å²) < 4.78 is 30.2. The van der Waals surface area contributed by atoms with Gasteiger partial charge in [-0.3, -0.25) is 4.79 Å². The molecule has 112 valence electrons. The second-order valence-electron chi connectivity index (χ2n) is 5.51.